The number of hydrogen-bond acceptors (Lipinski definition) is 6. The maximum atomic E-state index is 13.5. The molecule has 0 bridgehead atoms. The van der Waals surface area contributed by atoms with Gasteiger partial charge in [0.05, 0.1) is 17.8 Å². The lowest BCUT2D eigenvalue weighted by Crippen LogP contribution is -2.29. The summed E-state index contributed by atoms with van der Waals surface area (Å²) in [5, 5.41) is 5.08. The molecule has 1 aromatic carbocycles. The van der Waals surface area contributed by atoms with Gasteiger partial charge in [-0.1, -0.05) is 37.6 Å². The van der Waals surface area contributed by atoms with Gasteiger partial charge in [0.1, 0.15) is 16.8 Å². The molecule has 0 aliphatic carbocycles. The van der Waals surface area contributed by atoms with E-state index in [0.29, 0.717) is 38.6 Å². The number of aromatic nitrogens is 3. The van der Waals surface area contributed by atoms with Gasteiger partial charge in [-0.3, -0.25) is 8.89 Å². The van der Waals surface area contributed by atoms with E-state index in [0.717, 1.165) is 5.56 Å². The van der Waals surface area contributed by atoms with Gasteiger partial charge in [-0.15, -0.1) is 0 Å². The van der Waals surface area contributed by atoms with Gasteiger partial charge in [-0.2, -0.15) is 5.10 Å². The number of halogens is 1. The van der Waals surface area contributed by atoms with Crippen LogP contribution >= 0.6 is 11.6 Å². The highest BCUT2D eigenvalue weighted by Crippen LogP contribution is 2.40. The largest absolute Gasteiger partial charge is 0.461 e. The molecule has 0 N–H and O–H groups in total. The summed E-state index contributed by atoms with van der Waals surface area (Å²) in [5.41, 5.74) is 2.79. The minimum absolute atomic E-state index is 0.0387. The van der Waals surface area contributed by atoms with Crippen molar-refractivity contribution in [3.05, 3.63) is 40.2 Å². The fraction of sp³-hybridized carbons (Fsp3) is 0.480. The van der Waals surface area contributed by atoms with E-state index < -0.39 is 28.5 Å². The number of esters is 1. The first-order valence-electron chi connectivity index (χ1n) is 11.4. The van der Waals surface area contributed by atoms with Crippen LogP contribution in [0.1, 0.15) is 69.2 Å². The third-order valence-electron chi connectivity index (χ3n) is 5.26. The molecule has 0 saturated carbocycles. The number of nitrogens with zero attached hydrogens (tertiary/aromatic N) is 3. The molecule has 3 aromatic rings. The first-order chi connectivity index (χ1) is 16.3. The molecular weight excluding hydrogens is 490 g/mol. The standard InChI is InChI=1S/C25H32ClN3O5S/c1-9-33-23(30)21-18(15-10-11-16(13-35(8)32)17(26)12-15)20-22(19(14(2)3)27-28(20)7)29(21)24(31)34-25(4,5)6/h10-12,14H,9,13H2,1-8H3. The third-order valence-corrected chi connectivity index (χ3v) is 6.33. The Labute approximate surface area is 213 Å². The van der Waals surface area contributed by atoms with E-state index in [9.17, 15) is 13.8 Å². The summed E-state index contributed by atoms with van der Waals surface area (Å²) in [6, 6.07) is 5.29. The quantitative estimate of drug-likeness (QED) is 0.389. The first-order valence-corrected chi connectivity index (χ1v) is 13.5. The maximum absolute atomic E-state index is 13.5. The number of carbonyl (C=O) groups is 2. The summed E-state index contributed by atoms with van der Waals surface area (Å²) >= 11 is 6.55. The van der Waals surface area contributed by atoms with Crippen LogP contribution in [0.3, 0.4) is 0 Å². The Hall–Kier alpha value is -2.65. The minimum atomic E-state index is -1.07. The maximum Gasteiger partial charge on any atom is 0.419 e. The SMILES string of the molecule is CCOC(=O)c1c(-c2ccc(CS(C)=O)c(Cl)c2)c2c(c(C(C)C)nn2C)n1C(=O)OC(C)(C)C. The Morgan fingerprint density at radius 2 is 1.86 bits per heavy atom. The van der Waals surface area contributed by atoms with Crippen molar-refractivity contribution in [2.24, 2.45) is 7.05 Å². The summed E-state index contributed by atoms with van der Waals surface area (Å²) in [6.45, 7) is 11.1. The van der Waals surface area contributed by atoms with E-state index >= 15 is 0 Å². The summed E-state index contributed by atoms with van der Waals surface area (Å²) in [4.78, 5) is 26.8. The summed E-state index contributed by atoms with van der Waals surface area (Å²) in [7, 11) is 0.696. The fourth-order valence-corrected chi connectivity index (χ4v) is 4.97. The molecule has 35 heavy (non-hydrogen) atoms. The van der Waals surface area contributed by atoms with Crippen molar-refractivity contribution in [1.29, 1.82) is 0 Å². The Bertz CT molecular complexity index is 1320. The van der Waals surface area contributed by atoms with Crippen molar-refractivity contribution in [1.82, 2.24) is 14.3 Å². The van der Waals surface area contributed by atoms with E-state index in [4.69, 9.17) is 21.1 Å². The second-order valence-corrected chi connectivity index (χ2v) is 11.5. The molecule has 2 aromatic heterocycles. The van der Waals surface area contributed by atoms with Crippen LogP contribution in [0, 0.1) is 0 Å². The van der Waals surface area contributed by atoms with Crippen molar-refractivity contribution >= 4 is 45.5 Å². The highest BCUT2D eigenvalue weighted by Gasteiger charge is 2.35. The second kappa shape index (κ2) is 10.1. The molecule has 0 aliphatic heterocycles. The van der Waals surface area contributed by atoms with E-state index in [1.54, 1.807) is 63.9 Å². The van der Waals surface area contributed by atoms with E-state index in [1.807, 2.05) is 13.8 Å². The highest BCUT2D eigenvalue weighted by molar-refractivity contribution is 7.83. The van der Waals surface area contributed by atoms with Gasteiger partial charge in [0.15, 0.2) is 0 Å². The Balaban J connectivity index is 2.45. The van der Waals surface area contributed by atoms with Gasteiger partial charge in [0.2, 0.25) is 0 Å². The van der Waals surface area contributed by atoms with Crippen LogP contribution in [0.15, 0.2) is 18.2 Å². The number of aryl methyl sites for hydroxylation is 1. The molecule has 0 aliphatic rings. The second-order valence-electron chi connectivity index (χ2n) is 9.64. The van der Waals surface area contributed by atoms with Crippen LogP contribution < -0.4 is 0 Å². The molecule has 0 amide bonds. The molecule has 2 heterocycles. The lowest BCUT2D eigenvalue weighted by Gasteiger charge is -2.21. The van der Waals surface area contributed by atoms with E-state index in [1.165, 1.54) is 4.57 Å². The molecule has 0 spiro atoms. The number of rotatable bonds is 6. The summed E-state index contributed by atoms with van der Waals surface area (Å²) in [5.74, 6) is -0.390. The predicted molar refractivity (Wildman–Crippen MR) is 139 cm³/mol. The molecule has 8 nitrogen and oxygen atoms in total. The number of fused-ring (bicyclic) bond motifs is 1. The first kappa shape index (κ1) is 26.9. The third kappa shape index (κ3) is 5.46. The monoisotopic (exact) mass is 521 g/mol. The van der Waals surface area contributed by atoms with Crippen LogP contribution in [0.25, 0.3) is 22.2 Å². The molecule has 3 rings (SSSR count). The number of carbonyl (C=O) groups excluding carboxylic acids is 2. The van der Waals surface area contributed by atoms with Crippen molar-refractivity contribution < 1.29 is 23.3 Å². The molecule has 0 fully saturated rings. The van der Waals surface area contributed by atoms with Gasteiger partial charge in [0, 0.05) is 40.4 Å². The molecule has 0 radical (unpaired) electrons. The molecule has 1 atom stereocenters. The Morgan fingerprint density at radius 1 is 1.20 bits per heavy atom. The zero-order valence-electron chi connectivity index (χ0n) is 21.4. The topological polar surface area (TPSA) is 92.4 Å². The van der Waals surface area contributed by atoms with Crippen LogP contribution in [-0.4, -0.2) is 49.1 Å². The lowest BCUT2D eigenvalue weighted by atomic mass is 10.0. The van der Waals surface area contributed by atoms with Crippen LogP contribution in [0.4, 0.5) is 4.79 Å². The fourth-order valence-electron chi connectivity index (χ4n) is 3.95. The molecular formula is C25H32ClN3O5S. The average Bonchev–Trinajstić information content (AvgIpc) is 3.24. The van der Waals surface area contributed by atoms with Crippen LogP contribution in [0.5, 0.6) is 0 Å². The minimum Gasteiger partial charge on any atom is -0.461 e. The Kier molecular flexibility index (Phi) is 7.81. The molecule has 10 heteroatoms. The zero-order chi connectivity index (χ0) is 26.2. The van der Waals surface area contributed by atoms with Gasteiger partial charge >= 0.3 is 12.1 Å². The predicted octanol–water partition coefficient (Wildman–Crippen LogP) is 5.66. The average molecular weight is 522 g/mol. The molecule has 190 valence electrons. The zero-order valence-corrected chi connectivity index (χ0v) is 23.0. The number of hydrogen-bond donors (Lipinski definition) is 0. The highest BCUT2D eigenvalue weighted by atomic mass is 35.5. The van der Waals surface area contributed by atoms with Gasteiger partial charge < -0.3 is 9.47 Å². The van der Waals surface area contributed by atoms with E-state index in [-0.39, 0.29) is 18.2 Å². The van der Waals surface area contributed by atoms with Gasteiger partial charge in [0.25, 0.3) is 0 Å². The normalized spacial score (nSPS) is 12.9. The van der Waals surface area contributed by atoms with Gasteiger partial charge in [-0.05, 0) is 50.8 Å². The van der Waals surface area contributed by atoms with Crippen molar-refractivity contribution in [3.8, 4) is 11.1 Å². The van der Waals surface area contributed by atoms with Crippen LogP contribution in [0.2, 0.25) is 5.02 Å². The van der Waals surface area contributed by atoms with Crippen molar-refractivity contribution in [3.63, 3.8) is 0 Å². The number of benzene rings is 1. The smallest absolute Gasteiger partial charge is 0.419 e. The van der Waals surface area contributed by atoms with E-state index in [2.05, 4.69) is 5.10 Å². The molecule has 1 unspecified atom stereocenters. The van der Waals surface area contributed by atoms with Crippen molar-refractivity contribution in [2.75, 3.05) is 12.9 Å². The number of ether oxygens (including phenoxy) is 2. The summed E-state index contributed by atoms with van der Waals surface area (Å²) in [6.07, 6.45) is 0.909. The molecule has 0 saturated heterocycles. The van der Waals surface area contributed by atoms with Gasteiger partial charge in [-0.25, -0.2) is 14.2 Å². The van der Waals surface area contributed by atoms with Crippen molar-refractivity contribution in [2.45, 2.75) is 58.8 Å². The lowest BCUT2D eigenvalue weighted by molar-refractivity contribution is 0.0454. The summed E-state index contributed by atoms with van der Waals surface area (Å²) < 4.78 is 25.8. The van der Waals surface area contributed by atoms with Crippen LogP contribution in [-0.2, 0) is 33.1 Å². The Morgan fingerprint density at radius 3 is 2.37 bits per heavy atom.